The predicted molar refractivity (Wildman–Crippen MR) is 139 cm³/mol. The quantitative estimate of drug-likeness (QED) is 0.371. The molecule has 3 heterocycles. The third kappa shape index (κ3) is 7.14. The van der Waals surface area contributed by atoms with E-state index in [1.807, 2.05) is 20.8 Å². The van der Waals surface area contributed by atoms with Gasteiger partial charge in [-0.05, 0) is 77.5 Å². The molecule has 0 bridgehead atoms. The molecule has 3 aliphatic heterocycles. The van der Waals surface area contributed by atoms with Crippen LogP contribution in [0, 0.1) is 0 Å². The van der Waals surface area contributed by atoms with E-state index in [1.54, 1.807) is 17.0 Å². The normalized spacial score (nSPS) is 20.2. The Balaban J connectivity index is 1.13. The van der Waals surface area contributed by atoms with Gasteiger partial charge in [-0.15, -0.1) is 0 Å². The van der Waals surface area contributed by atoms with Gasteiger partial charge in [0.05, 0.1) is 23.8 Å². The van der Waals surface area contributed by atoms with E-state index in [0.717, 1.165) is 37.0 Å². The van der Waals surface area contributed by atoms with E-state index in [4.69, 9.17) is 14.2 Å². The van der Waals surface area contributed by atoms with Crippen LogP contribution in [0.2, 0.25) is 0 Å². The van der Waals surface area contributed by atoms with E-state index in [2.05, 4.69) is 5.32 Å². The lowest BCUT2D eigenvalue weighted by Gasteiger charge is -2.33. The van der Waals surface area contributed by atoms with Gasteiger partial charge in [0.25, 0.3) is 11.8 Å². The predicted octanol–water partition coefficient (Wildman–Crippen LogP) is 3.05. The molecule has 0 aromatic heterocycles. The molecule has 1 aromatic rings. The summed E-state index contributed by atoms with van der Waals surface area (Å²) in [5.74, 6) is -1.65. The van der Waals surface area contributed by atoms with Gasteiger partial charge in [-0.3, -0.25) is 29.4 Å². The second-order valence-electron chi connectivity index (χ2n) is 11.1. The summed E-state index contributed by atoms with van der Waals surface area (Å²) in [6.07, 6.45) is 4.25. The number of nitrogens with zero attached hydrogens (tertiary/aromatic N) is 2. The van der Waals surface area contributed by atoms with E-state index in [9.17, 15) is 24.0 Å². The molecule has 5 amide bonds. The molecular formula is C28H37N3O8. The number of nitrogens with one attached hydrogen (secondary N) is 1. The molecule has 0 radical (unpaired) electrons. The van der Waals surface area contributed by atoms with Crippen LogP contribution >= 0.6 is 0 Å². The Hall–Kier alpha value is -3.47. The van der Waals surface area contributed by atoms with Crippen LogP contribution in [0.25, 0.3) is 0 Å². The summed E-state index contributed by atoms with van der Waals surface area (Å²) in [4.78, 5) is 64.1. The van der Waals surface area contributed by atoms with Crippen molar-refractivity contribution in [3.63, 3.8) is 0 Å². The maximum Gasteiger partial charge on any atom is 0.410 e. The zero-order chi connectivity index (χ0) is 28.2. The SMILES string of the molecule is CC(C)(C)OC(=O)N1CCC(OCCCCCOc2ccc3c(c2)C(=O)N(C2CCC(=O)NC2=O)C3=O)CC1. The highest BCUT2D eigenvalue weighted by molar-refractivity contribution is 6.23. The number of imide groups is 2. The third-order valence-electron chi connectivity index (χ3n) is 6.92. The number of rotatable bonds is 9. The number of benzene rings is 1. The fourth-order valence-corrected chi connectivity index (χ4v) is 4.89. The van der Waals surface area contributed by atoms with Crippen LogP contribution in [-0.4, -0.2) is 83.6 Å². The summed E-state index contributed by atoms with van der Waals surface area (Å²) in [5.41, 5.74) is -0.0659. The molecule has 1 aromatic carbocycles. The highest BCUT2D eigenvalue weighted by Gasteiger charge is 2.44. The van der Waals surface area contributed by atoms with Gasteiger partial charge in [-0.2, -0.15) is 0 Å². The zero-order valence-corrected chi connectivity index (χ0v) is 22.8. The van der Waals surface area contributed by atoms with Crippen LogP contribution in [0.15, 0.2) is 18.2 Å². The van der Waals surface area contributed by atoms with E-state index in [-0.39, 0.29) is 36.2 Å². The lowest BCUT2D eigenvalue weighted by Crippen LogP contribution is -2.54. The molecule has 0 spiro atoms. The molecule has 2 saturated heterocycles. The van der Waals surface area contributed by atoms with Gasteiger partial charge in [0.1, 0.15) is 17.4 Å². The standard InChI is InChI=1S/C28H37N3O8/c1-28(2,3)39-27(36)30-13-11-18(12-14-30)37-15-5-4-6-16-38-19-7-8-20-21(17-19)26(35)31(25(20)34)22-9-10-23(32)29-24(22)33/h7-8,17-18,22H,4-6,9-16H2,1-3H3,(H,29,32,33). The summed E-state index contributed by atoms with van der Waals surface area (Å²) in [5, 5.41) is 2.19. The molecule has 11 nitrogen and oxygen atoms in total. The van der Waals surface area contributed by atoms with Crippen LogP contribution in [0.5, 0.6) is 5.75 Å². The molecule has 0 aliphatic carbocycles. The summed E-state index contributed by atoms with van der Waals surface area (Å²) in [6, 6.07) is 3.73. The van der Waals surface area contributed by atoms with E-state index in [0.29, 0.717) is 32.1 Å². The molecule has 1 unspecified atom stereocenters. The van der Waals surface area contributed by atoms with Crippen molar-refractivity contribution in [1.29, 1.82) is 0 Å². The summed E-state index contributed by atoms with van der Waals surface area (Å²) in [7, 11) is 0. The summed E-state index contributed by atoms with van der Waals surface area (Å²) >= 11 is 0. The lowest BCUT2D eigenvalue weighted by molar-refractivity contribution is -0.136. The molecule has 2 fully saturated rings. The van der Waals surface area contributed by atoms with Crippen molar-refractivity contribution >= 4 is 29.7 Å². The zero-order valence-electron chi connectivity index (χ0n) is 22.8. The maximum absolute atomic E-state index is 12.9. The lowest BCUT2D eigenvalue weighted by atomic mass is 10.0. The number of carbonyl (C=O) groups excluding carboxylic acids is 5. The van der Waals surface area contributed by atoms with Crippen LogP contribution in [0.3, 0.4) is 0 Å². The number of fused-ring (bicyclic) bond motifs is 1. The van der Waals surface area contributed by atoms with Crippen molar-refractivity contribution in [2.45, 2.75) is 83.5 Å². The number of hydrogen-bond acceptors (Lipinski definition) is 8. The molecule has 11 heteroatoms. The van der Waals surface area contributed by atoms with E-state index >= 15 is 0 Å². The highest BCUT2D eigenvalue weighted by atomic mass is 16.6. The van der Waals surface area contributed by atoms with Gasteiger partial charge in [0.2, 0.25) is 11.8 Å². The van der Waals surface area contributed by atoms with E-state index in [1.165, 1.54) is 6.07 Å². The number of amides is 5. The smallest absolute Gasteiger partial charge is 0.410 e. The Morgan fingerprint density at radius 3 is 2.33 bits per heavy atom. The molecule has 0 saturated carbocycles. The average Bonchev–Trinajstić information content (AvgIpc) is 3.12. The van der Waals surface area contributed by atoms with Crippen molar-refractivity contribution < 1.29 is 38.2 Å². The minimum Gasteiger partial charge on any atom is -0.494 e. The summed E-state index contributed by atoms with van der Waals surface area (Å²) < 4.78 is 17.2. The van der Waals surface area contributed by atoms with Crippen molar-refractivity contribution in [2.24, 2.45) is 0 Å². The number of unbranched alkanes of at least 4 members (excludes halogenated alkanes) is 2. The third-order valence-corrected chi connectivity index (χ3v) is 6.92. The largest absolute Gasteiger partial charge is 0.494 e. The molecule has 4 rings (SSSR count). The maximum atomic E-state index is 12.9. The van der Waals surface area contributed by atoms with Crippen molar-refractivity contribution in [3.8, 4) is 5.75 Å². The number of hydrogen-bond donors (Lipinski definition) is 1. The molecule has 212 valence electrons. The first kappa shape index (κ1) is 28.5. The van der Waals surface area contributed by atoms with Gasteiger partial charge >= 0.3 is 6.09 Å². The number of piperidine rings is 2. The molecular weight excluding hydrogens is 506 g/mol. The average molecular weight is 544 g/mol. The Morgan fingerprint density at radius 1 is 0.949 bits per heavy atom. The van der Waals surface area contributed by atoms with Crippen LogP contribution < -0.4 is 10.1 Å². The van der Waals surface area contributed by atoms with Crippen LogP contribution in [-0.2, 0) is 19.1 Å². The number of carbonyl (C=O) groups is 5. The molecule has 1 N–H and O–H groups in total. The Bertz CT molecular complexity index is 1120. The van der Waals surface area contributed by atoms with Gasteiger partial charge in [0.15, 0.2) is 0 Å². The van der Waals surface area contributed by atoms with Gasteiger partial charge < -0.3 is 19.1 Å². The summed E-state index contributed by atoms with van der Waals surface area (Å²) in [6.45, 7) is 7.94. The second kappa shape index (κ2) is 12.1. The topological polar surface area (TPSA) is 132 Å². The Labute approximate surface area is 228 Å². The van der Waals surface area contributed by atoms with Gasteiger partial charge in [-0.1, -0.05) is 0 Å². The highest BCUT2D eigenvalue weighted by Crippen LogP contribution is 2.30. The fourth-order valence-electron chi connectivity index (χ4n) is 4.89. The fraction of sp³-hybridized carbons (Fsp3) is 0.607. The monoisotopic (exact) mass is 543 g/mol. The van der Waals surface area contributed by atoms with Gasteiger partial charge in [-0.25, -0.2) is 4.79 Å². The van der Waals surface area contributed by atoms with Crippen molar-refractivity contribution in [3.05, 3.63) is 29.3 Å². The molecule has 1 atom stereocenters. The molecule has 3 aliphatic rings. The second-order valence-corrected chi connectivity index (χ2v) is 11.1. The Morgan fingerprint density at radius 2 is 1.64 bits per heavy atom. The first-order valence-corrected chi connectivity index (χ1v) is 13.6. The number of likely N-dealkylation sites (tertiary alicyclic amines) is 1. The van der Waals surface area contributed by atoms with Gasteiger partial charge in [0, 0.05) is 26.1 Å². The molecule has 39 heavy (non-hydrogen) atoms. The minimum atomic E-state index is -0.987. The Kier molecular flexibility index (Phi) is 8.89. The van der Waals surface area contributed by atoms with E-state index < -0.39 is 35.3 Å². The first-order valence-electron chi connectivity index (χ1n) is 13.6. The number of ether oxygens (including phenoxy) is 3. The van der Waals surface area contributed by atoms with Crippen LogP contribution in [0.4, 0.5) is 4.79 Å². The minimum absolute atomic E-state index is 0.0799. The van der Waals surface area contributed by atoms with Crippen LogP contribution in [0.1, 0.15) is 86.4 Å². The van der Waals surface area contributed by atoms with Crippen molar-refractivity contribution in [2.75, 3.05) is 26.3 Å². The first-order chi connectivity index (χ1) is 18.5. The van der Waals surface area contributed by atoms with Crippen molar-refractivity contribution in [1.82, 2.24) is 15.1 Å².